The summed E-state index contributed by atoms with van der Waals surface area (Å²) in [6.07, 6.45) is 11.7. The number of amides is 1. The topological polar surface area (TPSA) is 81.9 Å². The fourth-order valence-electron chi connectivity index (χ4n) is 4.53. The van der Waals surface area contributed by atoms with Crippen LogP contribution in [-0.4, -0.2) is 61.6 Å². The molecule has 1 aromatic heterocycles. The molecule has 3 N–H and O–H groups in total. The SMILES string of the molecule is CCNC(=NCCCNC(=O)c1occc1C)NC1CCN(C2CCCCC2)CC1. The molecule has 168 valence electrons. The molecule has 1 aliphatic carbocycles. The average Bonchev–Trinajstić information content (AvgIpc) is 3.20. The maximum Gasteiger partial charge on any atom is 0.287 e. The molecule has 2 fully saturated rings. The van der Waals surface area contributed by atoms with Crippen molar-refractivity contribution < 1.29 is 9.21 Å². The largest absolute Gasteiger partial charge is 0.459 e. The summed E-state index contributed by atoms with van der Waals surface area (Å²) in [4.78, 5) is 19.5. The zero-order chi connectivity index (χ0) is 21.2. The minimum atomic E-state index is -0.156. The third-order valence-corrected chi connectivity index (χ3v) is 6.26. The number of nitrogens with one attached hydrogen (secondary N) is 3. The van der Waals surface area contributed by atoms with Crippen LogP contribution >= 0.6 is 0 Å². The van der Waals surface area contributed by atoms with E-state index in [2.05, 4.69) is 27.8 Å². The van der Waals surface area contributed by atoms with Gasteiger partial charge in [0.15, 0.2) is 11.7 Å². The number of nitrogens with zero attached hydrogens (tertiary/aromatic N) is 2. The molecule has 1 saturated carbocycles. The van der Waals surface area contributed by atoms with Gasteiger partial charge in [0.05, 0.1) is 6.26 Å². The number of furan rings is 1. The van der Waals surface area contributed by atoms with Gasteiger partial charge < -0.3 is 25.3 Å². The highest BCUT2D eigenvalue weighted by molar-refractivity contribution is 5.92. The highest BCUT2D eigenvalue weighted by atomic mass is 16.3. The molecule has 7 nitrogen and oxygen atoms in total. The first-order valence-corrected chi connectivity index (χ1v) is 11.8. The third kappa shape index (κ3) is 6.76. The Morgan fingerprint density at radius 2 is 1.93 bits per heavy atom. The predicted octanol–water partition coefficient (Wildman–Crippen LogP) is 3.06. The monoisotopic (exact) mass is 417 g/mol. The molecule has 1 aromatic rings. The lowest BCUT2D eigenvalue weighted by Gasteiger charge is -2.39. The van der Waals surface area contributed by atoms with Gasteiger partial charge >= 0.3 is 0 Å². The van der Waals surface area contributed by atoms with Gasteiger partial charge in [-0.1, -0.05) is 19.3 Å². The van der Waals surface area contributed by atoms with Crippen LogP contribution in [0.5, 0.6) is 0 Å². The highest BCUT2D eigenvalue weighted by Gasteiger charge is 2.26. The van der Waals surface area contributed by atoms with E-state index in [1.807, 2.05) is 6.92 Å². The van der Waals surface area contributed by atoms with Crippen molar-refractivity contribution in [2.75, 3.05) is 32.7 Å². The molecule has 0 radical (unpaired) electrons. The van der Waals surface area contributed by atoms with Crippen LogP contribution in [0.25, 0.3) is 0 Å². The van der Waals surface area contributed by atoms with Crippen molar-refractivity contribution in [3.63, 3.8) is 0 Å². The third-order valence-electron chi connectivity index (χ3n) is 6.26. The summed E-state index contributed by atoms with van der Waals surface area (Å²) in [6.45, 7) is 8.46. The quantitative estimate of drug-likeness (QED) is 0.344. The summed E-state index contributed by atoms with van der Waals surface area (Å²) in [5, 5.41) is 9.88. The molecule has 7 heteroatoms. The first kappa shape index (κ1) is 22.7. The van der Waals surface area contributed by atoms with Crippen molar-refractivity contribution in [3.05, 3.63) is 23.7 Å². The summed E-state index contributed by atoms with van der Waals surface area (Å²) in [5.74, 6) is 1.13. The number of carbonyl (C=O) groups excluding carboxylic acids is 1. The van der Waals surface area contributed by atoms with Crippen molar-refractivity contribution in [2.24, 2.45) is 4.99 Å². The molecule has 2 aliphatic rings. The van der Waals surface area contributed by atoms with Crippen LogP contribution in [0.4, 0.5) is 0 Å². The van der Waals surface area contributed by atoms with Gasteiger partial charge in [-0.05, 0) is 52.0 Å². The highest BCUT2D eigenvalue weighted by Crippen LogP contribution is 2.25. The van der Waals surface area contributed by atoms with E-state index in [0.29, 0.717) is 24.9 Å². The molecule has 0 aromatic carbocycles. The number of aliphatic imine (C=N–C) groups is 1. The fraction of sp³-hybridized carbons (Fsp3) is 0.739. The first-order valence-electron chi connectivity index (χ1n) is 11.8. The summed E-state index contributed by atoms with van der Waals surface area (Å²) in [7, 11) is 0. The molecule has 0 spiro atoms. The van der Waals surface area contributed by atoms with Gasteiger partial charge in [0.2, 0.25) is 0 Å². The van der Waals surface area contributed by atoms with E-state index < -0.39 is 0 Å². The van der Waals surface area contributed by atoms with Crippen LogP contribution in [0.1, 0.15) is 74.4 Å². The summed E-state index contributed by atoms with van der Waals surface area (Å²) < 4.78 is 5.22. The van der Waals surface area contributed by atoms with Crippen LogP contribution in [0.2, 0.25) is 0 Å². The van der Waals surface area contributed by atoms with E-state index in [-0.39, 0.29) is 5.91 Å². The molecular formula is C23H39N5O2. The number of hydrogen-bond acceptors (Lipinski definition) is 4. The van der Waals surface area contributed by atoms with Gasteiger partial charge in [0.1, 0.15) is 0 Å². The van der Waals surface area contributed by atoms with Crippen LogP contribution in [0.3, 0.4) is 0 Å². The summed E-state index contributed by atoms with van der Waals surface area (Å²) >= 11 is 0. The van der Waals surface area contributed by atoms with Crippen LogP contribution in [0, 0.1) is 6.92 Å². The minimum absolute atomic E-state index is 0.156. The van der Waals surface area contributed by atoms with Crippen molar-refractivity contribution >= 4 is 11.9 Å². The minimum Gasteiger partial charge on any atom is -0.459 e. The Morgan fingerprint density at radius 3 is 2.60 bits per heavy atom. The van der Waals surface area contributed by atoms with E-state index >= 15 is 0 Å². The molecule has 1 aliphatic heterocycles. The van der Waals surface area contributed by atoms with Crippen molar-refractivity contribution in [2.45, 2.75) is 77.3 Å². The first-order chi connectivity index (χ1) is 14.7. The average molecular weight is 418 g/mol. The number of aryl methyl sites for hydroxylation is 1. The van der Waals surface area contributed by atoms with E-state index in [1.165, 1.54) is 58.0 Å². The molecule has 2 heterocycles. The Bertz CT molecular complexity index is 673. The maximum absolute atomic E-state index is 12.1. The maximum atomic E-state index is 12.1. The number of hydrogen-bond donors (Lipinski definition) is 3. The Kier molecular flexibility index (Phi) is 9.05. The van der Waals surface area contributed by atoms with E-state index in [0.717, 1.165) is 30.5 Å². The summed E-state index contributed by atoms with van der Waals surface area (Å²) in [6, 6.07) is 3.11. The lowest BCUT2D eigenvalue weighted by Crippen LogP contribution is -2.51. The molecule has 30 heavy (non-hydrogen) atoms. The Balaban J connectivity index is 1.36. The van der Waals surface area contributed by atoms with Gasteiger partial charge in [-0.25, -0.2) is 0 Å². The van der Waals surface area contributed by atoms with Crippen LogP contribution < -0.4 is 16.0 Å². The number of likely N-dealkylation sites (tertiary alicyclic amines) is 1. The Labute approximate surface area is 181 Å². The fourth-order valence-corrected chi connectivity index (χ4v) is 4.53. The molecule has 0 atom stereocenters. The zero-order valence-electron chi connectivity index (χ0n) is 18.7. The number of piperidine rings is 1. The standard InChI is InChI=1S/C23H39N5O2/c1-3-24-23(26-14-7-13-25-22(29)21-18(2)12-17-30-21)27-19-10-15-28(16-11-19)20-8-5-4-6-9-20/h12,17,19-20H,3-11,13-16H2,1-2H3,(H,25,29)(H2,24,26,27). The van der Waals surface area contributed by atoms with E-state index in [1.54, 1.807) is 12.3 Å². The lowest BCUT2D eigenvalue weighted by molar-refractivity contribution is 0.0925. The second-order valence-corrected chi connectivity index (χ2v) is 8.55. The second-order valence-electron chi connectivity index (χ2n) is 8.55. The van der Waals surface area contributed by atoms with Crippen LogP contribution in [0.15, 0.2) is 21.7 Å². The second kappa shape index (κ2) is 12.0. The number of carbonyl (C=O) groups is 1. The number of rotatable bonds is 8. The molecule has 0 unspecified atom stereocenters. The number of guanidine groups is 1. The lowest BCUT2D eigenvalue weighted by atomic mass is 9.92. The van der Waals surface area contributed by atoms with Gasteiger partial charge in [-0.15, -0.1) is 0 Å². The van der Waals surface area contributed by atoms with Crippen molar-refractivity contribution in [1.82, 2.24) is 20.9 Å². The van der Waals surface area contributed by atoms with E-state index in [4.69, 9.17) is 9.41 Å². The van der Waals surface area contributed by atoms with Gasteiger partial charge in [-0.2, -0.15) is 0 Å². The van der Waals surface area contributed by atoms with Crippen molar-refractivity contribution in [1.29, 1.82) is 0 Å². The normalized spacial score (nSPS) is 19.6. The molecule has 0 bridgehead atoms. The van der Waals surface area contributed by atoms with Crippen molar-refractivity contribution in [3.8, 4) is 0 Å². The van der Waals surface area contributed by atoms with Gasteiger partial charge in [0, 0.05) is 50.4 Å². The smallest absolute Gasteiger partial charge is 0.287 e. The summed E-state index contributed by atoms with van der Waals surface area (Å²) in [5.41, 5.74) is 0.860. The van der Waals surface area contributed by atoms with Gasteiger partial charge in [-0.3, -0.25) is 9.79 Å². The molecule has 3 rings (SSSR count). The Morgan fingerprint density at radius 1 is 1.17 bits per heavy atom. The predicted molar refractivity (Wildman–Crippen MR) is 121 cm³/mol. The molecular weight excluding hydrogens is 378 g/mol. The zero-order valence-corrected chi connectivity index (χ0v) is 18.7. The van der Waals surface area contributed by atoms with Gasteiger partial charge in [0.25, 0.3) is 5.91 Å². The van der Waals surface area contributed by atoms with Crippen LogP contribution in [-0.2, 0) is 0 Å². The molecule has 1 saturated heterocycles. The molecule has 1 amide bonds. The Hall–Kier alpha value is -2.02. The van der Waals surface area contributed by atoms with E-state index in [9.17, 15) is 4.79 Å².